The average molecular weight is 378 g/mol. The molecule has 1 N–H and O–H groups in total. The Morgan fingerprint density at radius 1 is 1.30 bits per heavy atom. The lowest BCUT2D eigenvalue weighted by atomic mass is 10.0. The van der Waals surface area contributed by atoms with Crippen LogP contribution in [0, 0.1) is 0 Å². The van der Waals surface area contributed by atoms with Gasteiger partial charge in [-0.3, -0.25) is 9.98 Å². The second kappa shape index (κ2) is 8.39. The number of benzene rings is 1. The van der Waals surface area contributed by atoms with Crippen molar-refractivity contribution in [3.63, 3.8) is 0 Å². The van der Waals surface area contributed by atoms with Crippen molar-refractivity contribution in [3.05, 3.63) is 65.5 Å². The smallest absolute Gasteiger partial charge is 0.370 e. The fourth-order valence-electron chi connectivity index (χ4n) is 2.96. The molecule has 1 aromatic carbocycles. The summed E-state index contributed by atoms with van der Waals surface area (Å²) in [6.45, 7) is 1.95. The van der Waals surface area contributed by atoms with Gasteiger partial charge in [0, 0.05) is 19.8 Å². The third kappa shape index (κ3) is 4.97. The van der Waals surface area contributed by atoms with E-state index in [2.05, 4.69) is 15.3 Å². The number of alkyl halides is 3. The van der Waals surface area contributed by atoms with Crippen molar-refractivity contribution in [1.29, 1.82) is 0 Å². The van der Waals surface area contributed by atoms with Gasteiger partial charge in [0.2, 0.25) is 0 Å². The molecule has 1 unspecified atom stereocenters. The van der Waals surface area contributed by atoms with E-state index in [1.54, 1.807) is 19.3 Å². The summed E-state index contributed by atoms with van der Waals surface area (Å²) in [5, 5.41) is 3.24. The van der Waals surface area contributed by atoms with Crippen molar-refractivity contribution in [2.75, 3.05) is 26.7 Å². The molecule has 0 spiro atoms. The first-order valence-electron chi connectivity index (χ1n) is 8.61. The van der Waals surface area contributed by atoms with Crippen molar-refractivity contribution in [2.45, 2.75) is 18.8 Å². The summed E-state index contributed by atoms with van der Waals surface area (Å²) in [7, 11) is 1.68. The molecule has 0 radical (unpaired) electrons. The molecule has 8 heteroatoms. The van der Waals surface area contributed by atoms with E-state index in [4.69, 9.17) is 4.74 Å². The predicted molar refractivity (Wildman–Crippen MR) is 96.1 cm³/mol. The van der Waals surface area contributed by atoms with E-state index in [-0.39, 0.29) is 0 Å². The molecule has 27 heavy (non-hydrogen) atoms. The highest BCUT2D eigenvalue weighted by atomic mass is 19.4. The molecular formula is C19H21F3N4O. The summed E-state index contributed by atoms with van der Waals surface area (Å²) < 4.78 is 44.6. The number of hydrogen-bond acceptors (Lipinski definition) is 3. The number of nitrogens with one attached hydrogen (secondary N) is 1. The Morgan fingerprint density at radius 3 is 2.85 bits per heavy atom. The number of pyridine rings is 1. The van der Waals surface area contributed by atoms with Gasteiger partial charge in [-0.25, -0.2) is 0 Å². The standard InChI is InChI=1S/C19H21F3N4O/c1-23-18(25-12-16-7-2-3-8-24-16)26-9-10-27-17(13-26)14-5-4-6-15(11-14)19(20,21)22/h2-8,11,17H,9-10,12-13H2,1H3,(H,23,25). The number of aliphatic imine (C=N–C) groups is 1. The zero-order valence-electron chi connectivity index (χ0n) is 14.9. The van der Waals surface area contributed by atoms with Gasteiger partial charge >= 0.3 is 6.18 Å². The van der Waals surface area contributed by atoms with E-state index in [9.17, 15) is 13.2 Å². The molecule has 5 nitrogen and oxygen atoms in total. The molecule has 0 amide bonds. The fraction of sp³-hybridized carbons (Fsp3) is 0.368. The molecule has 0 saturated carbocycles. The lowest BCUT2D eigenvalue weighted by Gasteiger charge is -2.35. The maximum atomic E-state index is 13.0. The Hall–Kier alpha value is -2.61. The lowest BCUT2D eigenvalue weighted by Crippen LogP contribution is -2.48. The molecule has 1 fully saturated rings. The van der Waals surface area contributed by atoms with Crippen LogP contribution in [0.4, 0.5) is 13.2 Å². The Bertz CT molecular complexity index is 780. The van der Waals surface area contributed by atoms with Crippen molar-refractivity contribution < 1.29 is 17.9 Å². The van der Waals surface area contributed by atoms with Gasteiger partial charge in [-0.1, -0.05) is 18.2 Å². The van der Waals surface area contributed by atoms with Crippen LogP contribution in [0.2, 0.25) is 0 Å². The average Bonchev–Trinajstić information content (AvgIpc) is 2.69. The monoisotopic (exact) mass is 378 g/mol. The Kier molecular flexibility index (Phi) is 5.95. The van der Waals surface area contributed by atoms with Gasteiger partial charge in [0.1, 0.15) is 6.10 Å². The predicted octanol–water partition coefficient (Wildman–Crippen LogP) is 3.25. The van der Waals surface area contributed by atoms with E-state index in [1.165, 1.54) is 6.07 Å². The number of guanidine groups is 1. The minimum Gasteiger partial charge on any atom is -0.370 e. The van der Waals surface area contributed by atoms with Gasteiger partial charge in [0.15, 0.2) is 5.96 Å². The summed E-state index contributed by atoms with van der Waals surface area (Å²) in [4.78, 5) is 10.5. The van der Waals surface area contributed by atoms with Gasteiger partial charge in [0.05, 0.1) is 31.0 Å². The highest BCUT2D eigenvalue weighted by Crippen LogP contribution is 2.32. The van der Waals surface area contributed by atoms with E-state index in [1.807, 2.05) is 23.1 Å². The van der Waals surface area contributed by atoms with E-state index in [0.29, 0.717) is 37.8 Å². The zero-order chi connectivity index (χ0) is 19.3. The summed E-state index contributed by atoms with van der Waals surface area (Å²) >= 11 is 0. The first-order valence-corrected chi connectivity index (χ1v) is 8.61. The van der Waals surface area contributed by atoms with Crippen molar-refractivity contribution in [2.24, 2.45) is 4.99 Å². The number of nitrogens with zero attached hydrogens (tertiary/aromatic N) is 3. The maximum Gasteiger partial charge on any atom is 0.416 e. The molecule has 1 atom stereocenters. The first-order chi connectivity index (χ1) is 13.0. The SMILES string of the molecule is CN=C(NCc1ccccn1)N1CCOC(c2cccc(C(F)(F)F)c2)C1. The summed E-state index contributed by atoms with van der Waals surface area (Å²) in [5.74, 6) is 0.668. The molecule has 1 aromatic heterocycles. The highest BCUT2D eigenvalue weighted by Gasteiger charge is 2.32. The van der Waals surface area contributed by atoms with Crippen LogP contribution in [0.25, 0.3) is 0 Å². The van der Waals surface area contributed by atoms with E-state index in [0.717, 1.165) is 17.8 Å². The minimum atomic E-state index is -4.37. The molecule has 2 heterocycles. The Morgan fingerprint density at radius 2 is 2.15 bits per heavy atom. The third-order valence-corrected chi connectivity index (χ3v) is 4.32. The largest absolute Gasteiger partial charge is 0.416 e. The van der Waals surface area contributed by atoms with E-state index >= 15 is 0 Å². The van der Waals surface area contributed by atoms with Crippen LogP contribution in [0.1, 0.15) is 22.9 Å². The number of aromatic nitrogens is 1. The topological polar surface area (TPSA) is 49.8 Å². The van der Waals surface area contributed by atoms with Crippen molar-refractivity contribution >= 4 is 5.96 Å². The van der Waals surface area contributed by atoms with Crippen molar-refractivity contribution in [3.8, 4) is 0 Å². The molecule has 0 aliphatic carbocycles. The second-order valence-electron chi connectivity index (χ2n) is 6.15. The minimum absolute atomic E-state index is 0.408. The molecule has 3 rings (SSSR count). The molecule has 144 valence electrons. The van der Waals surface area contributed by atoms with Gasteiger partial charge in [-0.2, -0.15) is 13.2 Å². The van der Waals surface area contributed by atoms with Crippen LogP contribution >= 0.6 is 0 Å². The quantitative estimate of drug-likeness (QED) is 0.658. The van der Waals surface area contributed by atoms with Gasteiger partial charge in [0.25, 0.3) is 0 Å². The number of halogens is 3. The van der Waals surface area contributed by atoms with Crippen LogP contribution in [0.3, 0.4) is 0 Å². The number of morpholine rings is 1. The van der Waals surface area contributed by atoms with Crippen LogP contribution in [-0.4, -0.2) is 42.6 Å². The second-order valence-corrected chi connectivity index (χ2v) is 6.15. The van der Waals surface area contributed by atoms with Crippen LogP contribution in [-0.2, 0) is 17.5 Å². The number of rotatable bonds is 3. The normalized spacial score (nSPS) is 18.4. The Labute approximate surface area is 155 Å². The Balaban J connectivity index is 1.68. The first kappa shape index (κ1) is 19.2. The van der Waals surface area contributed by atoms with Gasteiger partial charge in [-0.15, -0.1) is 0 Å². The number of ether oxygens (including phenoxy) is 1. The van der Waals surface area contributed by atoms with Crippen LogP contribution < -0.4 is 5.32 Å². The van der Waals surface area contributed by atoms with Crippen LogP contribution in [0.15, 0.2) is 53.7 Å². The van der Waals surface area contributed by atoms with Crippen LogP contribution in [0.5, 0.6) is 0 Å². The van der Waals surface area contributed by atoms with Crippen molar-refractivity contribution in [1.82, 2.24) is 15.2 Å². The number of hydrogen-bond donors (Lipinski definition) is 1. The van der Waals surface area contributed by atoms with Gasteiger partial charge < -0.3 is 15.0 Å². The summed E-state index contributed by atoms with van der Waals surface area (Å²) in [6.07, 6.45) is -3.10. The molecule has 1 saturated heterocycles. The molecular weight excluding hydrogens is 357 g/mol. The highest BCUT2D eigenvalue weighted by molar-refractivity contribution is 5.80. The zero-order valence-corrected chi connectivity index (χ0v) is 14.9. The molecule has 0 bridgehead atoms. The molecule has 1 aliphatic heterocycles. The summed E-state index contributed by atoms with van der Waals surface area (Å²) in [6, 6.07) is 11.0. The lowest BCUT2D eigenvalue weighted by molar-refractivity contribution is -0.137. The molecule has 2 aromatic rings. The fourth-order valence-corrected chi connectivity index (χ4v) is 2.96. The maximum absolute atomic E-state index is 13.0. The van der Waals surface area contributed by atoms with Gasteiger partial charge in [-0.05, 0) is 29.8 Å². The molecule has 1 aliphatic rings. The summed E-state index contributed by atoms with van der Waals surface area (Å²) in [5.41, 5.74) is 0.717. The third-order valence-electron chi connectivity index (χ3n) is 4.32. The van der Waals surface area contributed by atoms with E-state index < -0.39 is 17.8 Å².